The molecule has 0 unspecified atom stereocenters. The SMILES string of the molecule is CCO/C(=C/c1ccc(OCCc2nc(-c3ccccc3)oc2C)c2occc12)C(=O)O. The van der Waals surface area contributed by atoms with E-state index >= 15 is 0 Å². The molecule has 2 heterocycles. The van der Waals surface area contributed by atoms with E-state index < -0.39 is 5.97 Å². The molecule has 0 atom stereocenters. The van der Waals surface area contributed by atoms with Gasteiger partial charge in [0.15, 0.2) is 11.3 Å². The number of aromatic nitrogens is 1. The van der Waals surface area contributed by atoms with Crippen LogP contribution < -0.4 is 4.74 Å². The molecule has 0 spiro atoms. The zero-order valence-electron chi connectivity index (χ0n) is 17.8. The van der Waals surface area contributed by atoms with Gasteiger partial charge in [-0.05, 0) is 49.8 Å². The highest BCUT2D eigenvalue weighted by Gasteiger charge is 2.15. The van der Waals surface area contributed by atoms with E-state index in [0.29, 0.717) is 35.8 Å². The van der Waals surface area contributed by atoms with E-state index in [9.17, 15) is 9.90 Å². The van der Waals surface area contributed by atoms with Crippen LogP contribution in [0.25, 0.3) is 28.5 Å². The van der Waals surface area contributed by atoms with E-state index in [4.69, 9.17) is 18.3 Å². The lowest BCUT2D eigenvalue weighted by Crippen LogP contribution is -2.05. The van der Waals surface area contributed by atoms with Crippen molar-refractivity contribution in [2.24, 2.45) is 0 Å². The normalized spacial score (nSPS) is 11.6. The summed E-state index contributed by atoms with van der Waals surface area (Å²) in [6.07, 6.45) is 3.60. The number of hydrogen-bond acceptors (Lipinski definition) is 6. The Morgan fingerprint density at radius 2 is 1.97 bits per heavy atom. The van der Waals surface area contributed by atoms with Gasteiger partial charge in [0, 0.05) is 17.4 Å². The first-order valence-electron chi connectivity index (χ1n) is 10.3. The van der Waals surface area contributed by atoms with Gasteiger partial charge in [-0.2, -0.15) is 0 Å². The molecule has 2 aromatic heterocycles. The number of hydrogen-bond donors (Lipinski definition) is 1. The second-order valence-corrected chi connectivity index (χ2v) is 7.05. The van der Waals surface area contributed by atoms with Crippen LogP contribution in [0.2, 0.25) is 0 Å². The number of ether oxygens (including phenoxy) is 2. The van der Waals surface area contributed by atoms with E-state index in [1.807, 2.05) is 37.3 Å². The predicted octanol–water partition coefficient (Wildman–Crippen LogP) is 5.48. The molecule has 0 saturated carbocycles. The molecule has 7 nitrogen and oxygen atoms in total. The molecular weight excluding hydrogens is 410 g/mol. The Kier molecular flexibility index (Phi) is 6.26. The van der Waals surface area contributed by atoms with E-state index in [2.05, 4.69) is 4.98 Å². The number of furan rings is 1. The van der Waals surface area contributed by atoms with Gasteiger partial charge in [-0.3, -0.25) is 0 Å². The first-order valence-corrected chi connectivity index (χ1v) is 10.3. The molecule has 0 saturated heterocycles. The van der Waals surface area contributed by atoms with Gasteiger partial charge in [-0.1, -0.05) is 24.3 Å². The van der Waals surface area contributed by atoms with Crippen molar-refractivity contribution >= 4 is 23.0 Å². The first kappa shape index (κ1) is 21.2. The van der Waals surface area contributed by atoms with Crippen molar-refractivity contribution < 1.29 is 28.2 Å². The summed E-state index contributed by atoms with van der Waals surface area (Å²) in [7, 11) is 0. The van der Waals surface area contributed by atoms with E-state index in [1.54, 1.807) is 31.4 Å². The summed E-state index contributed by atoms with van der Waals surface area (Å²) in [5.74, 6) is 0.667. The Hall–Kier alpha value is -4.00. The standard InChI is InChI=1S/C25H23NO6/c1-3-29-22(25(27)28)15-18-9-10-21(23-19(18)11-13-31-23)30-14-12-20-16(2)32-24(26-20)17-7-5-4-6-8-17/h4-11,13,15H,3,12,14H2,1-2H3,(H,27,28)/b22-15+. The highest BCUT2D eigenvalue weighted by Crippen LogP contribution is 2.31. The number of aryl methyl sites for hydroxylation is 1. The highest BCUT2D eigenvalue weighted by atomic mass is 16.5. The zero-order chi connectivity index (χ0) is 22.5. The number of carboxylic acid groups (broad SMARTS) is 1. The van der Waals surface area contributed by atoms with Gasteiger partial charge in [-0.15, -0.1) is 0 Å². The Balaban J connectivity index is 1.49. The molecule has 0 bridgehead atoms. The van der Waals surface area contributed by atoms with E-state index in [0.717, 1.165) is 22.4 Å². The Morgan fingerprint density at radius 3 is 2.72 bits per heavy atom. The van der Waals surface area contributed by atoms with Crippen LogP contribution in [0.5, 0.6) is 5.75 Å². The zero-order valence-corrected chi connectivity index (χ0v) is 17.8. The predicted molar refractivity (Wildman–Crippen MR) is 119 cm³/mol. The topological polar surface area (TPSA) is 94.9 Å². The number of fused-ring (bicyclic) bond motifs is 1. The van der Waals surface area contributed by atoms with Crippen LogP contribution in [-0.4, -0.2) is 29.3 Å². The average molecular weight is 433 g/mol. The minimum absolute atomic E-state index is 0.126. The third-order valence-electron chi connectivity index (χ3n) is 4.92. The quantitative estimate of drug-likeness (QED) is 0.276. The van der Waals surface area contributed by atoms with Gasteiger partial charge in [0.25, 0.3) is 0 Å². The van der Waals surface area contributed by atoms with Gasteiger partial charge >= 0.3 is 5.97 Å². The summed E-state index contributed by atoms with van der Waals surface area (Å²) in [6, 6.07) is 15.1. The molecule has 4 aromatic rings. The van der Waals surface area contributed by atoms with E-state index in [1.165, 1.54) is 6.08 Å². The molecule has 164 valence electrons. The largest absolute Gasteiger partial charge is 0.489 e. The molecular formula is C25H23NO6. The maximum absolute atomic E-state index is 11.4. The number of oxazole rings is 1. The second-order valence-electron chi connectivity index (χ2n) is 7.05. The Labute approximate surface area is 184 Å². The minimum atomic E-state index is -1.12. The molecule has 0 aliphatic carbocycles. The number of carbonyl (C=O) groups is 1. The Morgan fingerprint density at radius 1 is 1.16 bits per heavy atom. The monoisotopic (exact) mass is 433 g/mol. The third kappa shape index (κ3) is 4.51. The van der Waals surface area contributed by atoms with Gasteiger partial charge in [0.1, 0.15) is 5.76 Å². The molecule has 7 heteroatoms. The van der Waals surface area contributed by atoms with Gasteiger partial charge < -0.3 is 23.4 Å². The van der Waals surface area contributed by atoms with Gasteiger partial charge in [0.2, 0.25) is 11.6 Å². The summed E-state index contributed by atoms with van der Waals surface area (Å²) in [5, 5.41) is 10.0. The fourth-order valence-electron chi connectivity index (χ4n) is 3.38. The van der Waals surface area contributed by atoms with Gasteiger partial charge in [-0.25, -0.2) is 9.78 Å². The Bertz CT molecular complexity index is 1250. The van der Waals surface area contributed by atoms with Crippen molar-refractivity contribution in [3.8, 4) is 17.2 Å². The molecule has 4 rings (SSSR count). The van der Waals surface area contributed by atoms with Crippen LogP contribution in [0.15, 0.2) is 69.4 Å². The minimum Gasteiger partial charge on any atom is -0.489 e. The molecule has 2 aromatic carbocycles. The summed E-state index contributed by atoms with van der Waals surface area (Å²) in [5.41, 5.74) is 2.98. The van der Waals surface area contributed by atoms with E-state index in [-0.39, 0.29) is 12.4 Å². The van der Waals surface area contributed by atoms with Crippen LogP contribution >= 0.6 is 0 Å². The lowest BCUT2D eigenvalue weighted by Gasteiger charge is -2.08. The van der Waals surface area contributed by atoms with Gasteiger partial charge in [0.05, 0.1) is 25.2 Å². The number of carboxylic acids is 1. The average Bonchev–Trinajstić information content (AvgIpc) is 3.43. The van der Waals surface area contributed by atoms with Crippen molar-refractivity contribution in [2.45, 2.75) is 20.3 Å². The molecule has 0 radical (unpaired) electrons. The molecule has 0 amide bonds. The second kappa shape index (κ2) is 9.43. The smallest absolute Gasteiger partial charge is 0.371 e. The van der Waals surface area contributed by atoms with Crippen molar-refractivity contribution in [3.63, 3.8) is 0 Å². The molecule has 0 aliphatic heterocycles. The summed E-state index contributed by atoms with van der Waals surface area (Å²) in [6.45, 7) is 4.27. The molecule has 32 heavy (non-hydrogen) atoms. The lowest BCUT2D eigenvalue weighted by molar-refractivity contribution is -0.136. The number of aliphatic carboxylic acids is 1. The molecule has 0 fully saturated rings. The van der Waals surface area contributed by atoms with Crippen LogP contribution in [0.1, 0.15) is 23.9 Å². The molecule has 1 N–H and O–H groups in total. The number of nitrogens with zero attached hydrogens (tertiary/aromatic N) is 1. The highest BCUT2D eigenvalue weighted by molar-refractivity contribution is 5.96. The third-order valence-corrected chi connectivity index (χ3v) is 4.92. The van der Waals surface area contributed by atoms with Crippen LogP contribution in [0, 0.1) is 6.92 Å². The summed E-state index contributed by atoms with van der Waals surface area (Å²) < 4.78 is 22.6. The van der Waals surface area contributed by atoms with Crippen LogP contribution in [0.4, 0.5) is 0 Å². The fraction of sp³-hybridized carbons (Fsp3) is 0.200. The van der Waals surface area contributed by atoms with Crippen LogP contribution in [-0.2, 0) is 16.0 Å². The summed E-state index contributed by atoms with van der Waals surface area (Å²) in [4.78, 5) is 16.0. The van der Waals surface area contributed by atoms with Crippen molar-refractivity contribution in [3.05, 3.63) is 77.6 Å². The first-order chi connectivity index (χ1) is 15.6. The van der Waals surface area contributed by atoms with Crippen LogP contribution in [0.3, 0.4) is 0 Å². The maximum atomic E-state index is 11.4. The van der Waals surface area contributed by atoms with Crippen molar-refractivity contribution in [1.29, 1.82) is 0 Å². The molecule has 0 aliphatic rings. The van der Waals surface area contributed by atoms with Crippen molar-refractivity contribution in [2.75, 3.05) is 13.2 Å². The fourth-order valence-corrected chi connectivity index (χ4v) is 3.38. The maximum Gasteiger partial charge on any atom is 0.371 e. The summed E-state index contributed by atoms with van der Waals surface area (Å²) >= 11 is 0. The lowest BCUT2D eigenvalue weighted by atomic mass is 10.1. The number of rotatable bonds is 9. The van der Waals surface area contributed by atoms with Crippen molar-refractivity contribution in [1.82, 2.24) is 4.98 Å². The number of benzene rings is 2.